The van der Waals surface area contributed by atoms with Crippen LogP contribution in [-0.2, 0) is 12.8 Å². The zero-order chi connectivity index (χ0) is 11.0. The number of H-pyrrole nitrogens is 1. The third-order valence-corrected chi connectivity index (χ3v) is 2.70. The number of nitrogens with one attached hydrogen (secondary N) is 1. The standard InChI is InChI=1S/C10H11NO4/c12-8-5-3-1-2-4-6(5)11-9(13)7(8)10(14)15/h1-4H2,(H,14,15)(H2,11,12,13). The number of carbonyl (C=O) groups is 1. The largest absolute Gasteiger partial charge is 0.506 e. The number of hydrogen-bond donors (Lipinski definition) is 3. The van der Waals surface area contributed by atoms with Gasteiger partial charge in [0.15, 0.2) is 5.56 Å². The number of fused-ring (bicyclic) bond motifs is 1. The number of aromatic nitrogens is 1. The molecule has 1 aliphatic carbocycles. The maximum Gasteiger partial charge on any atom is 0.345 e. The second-order valence-corrected chi connectivity index (χ2v) is 3.65. The van der Waals surface area contributed by atoms with Gasteiger partial charge in [-0.1, -0.05) is 0 Å². The van der Waals surface area contributed by atoms with E-state index in [0.29, 0.717) is 24.1 Å². The lowest BCUT2D eigenvalue weighted by atomic mass is 9.94. The summed E-state index contributed by atoms with van der Waals surface area (Å²) in [5.74, 6) is -1.75. The molecule has 0 bridgehead atoms. The maximum atomic E-state index is 11.4. The fraction of sp³-hybridized carbons (Fsp3) is 0.400. The smallest absolute Gasteiger partial charge is 0.345 e. The van der Waals surface area contributed by atoms with E-state index in [0.717, 1.165) is 12.8 Å². The minimum absolute atomic E-state index is 0.360. The fourth-order valence-electron chi connectivity index (χ4n) is 1.96. The molecule has 1 heterocycles. The Balaban J connectivity index is 2.70. The molecular formula is C10H11NO4. The molecule has 0 spiro atoms. The molecule has 0 unspecified atom stereocenters. The molecule has 0 saturated heterocycles. The van der Waals surface area contributed by atoms with E-state index in [1.807, 2.05) is 0 Å². The lowest BCUT2D eigenvalue weighted by Gasteiger charge is -2.17. The molecule has 5 nitrogen and oxygen atoms in total. The third kappa shape index (κ3) is 1.49. The zero-order valence-corrected chi connectivity index (χ0v) is 8.04. The highest BCUT2D eigenvalue weighted by atomic mass is 16.4. The van der Waals surface area contributed by atoms with E-state index in [1.165, 1.54) is 0 Å². The molecule has 0 radical (unpaired) electrons. The summed E-state index contributed by atoms with van der Waals surface area (Å²) >= 11 is 0. The molecule has 5 heteroatoms. The van der Waals surface area contributed by atoms with Crippen LogP contribution in [-0.4, -0.2) is 21.2 Å². The van der Waals surface area contributed by atoms with Crippen molar-refractivity contribution >= 4 is 5.97 Å². The summed E-state index contributed by atoms with van der Waals surface area (Å²) in [7, 11) is 0. The van der Waals surface area contributed by atoms with E-state index in [1.54, 1.807) is 0 Å². The predicted molar refractivity (Wildman–Crippen MR) is 52.3 cm³/mol. The van der Waals surface area contributed by atoms with Crippen molar-refractivity contribution in [2.24, 2.45) is 0 Å². The van der Waals surface area contributed by atoms with Gasteiger partial charge < -0.3 is 15.2 Å². The molecule has 80 valence electrons. The van der Waals surface area contributed by atoms with E-state index < -0.39 is 17.1 Å². The average Bonchev–Trinajstić information content (AvgIpc) is 2.17. The van der Waals surface area contributed by atoms with Gasteiger partial charge in [-0.3, -0.25) is 4.79 Å². The van der Waals surface area contributed by atoms with Crippen molar-refractivity contribution in [3.8, 4) is 5.75 Å². The van der Waals surface area contributed by atoms with E-state index in [4.69, 9.17) is 5.11 Å². The number of aromatic carboxylic acids is 1. The Kier molecular flexibility index (Phi) is 2.22. The highest BCUT2D eigenvalue weighted by Gasteiger charge is 2.23. The lowest BCUT2D eigenvalue weighted by Crippen LogP contribution is -2.22. The predicted octanol–water partition coefficient (Wildman–Crippen LogP) is 0.657. The number of pyridine rings is 1. The SMILES string of the molecule is O=C(O)c1c(O)c2c([nH]c1=O)CCCC2. The van der Waals surface area contributed by atoms with Gasteiger partial charge in [-0.15, -0.1) is 0 Å². The summed E-state index contributed by atoms with van der Waals surface area (Å²) in [6.07, 6.45) is 3.18. The van der Waals surface area contributed by atoms with Crippen LogP contribution in [0.1, 0.15) is 34.5 Å². The fourth-order valence-corrected chi connectivity index (χ4v) is 1.96. The van der Waals surface area contributed by atoms with E-state index in [2.05, 4.69) is 4.98 Å². The monoisotopic (exact) mass is 209 g/mol. The molecular weight excluding hydrogens is 198 g/mol. The first kappa shape index (κ1) is 9.76. The van der Waals surface area contributed by atoms with Crippen LogP contribution in [0.15, 0.2) is 4.79 Å². The second-order valence-electron chi connectivity index (χ2n) is 3.65. The summed E-state index contributed by atoms with van der Waals surface area (Å²) in [6.45, 7) is 0. The Morgan fingerprint density at radius 1 is 1.27 bits per heavy atom. The van der Waals surface area contributed by atoms with Crippen molar-refractivity contribution < 1.29 is 15.0 Å². The number of hydrogen-bond acceptors (Lipinski definition) is 3. The van der Waals surface area contributed by atoms with Crippen molar-refractivity contribution in [2.75, 3.05) is 0 Å². The Bertz CT molecular complexity index is 475. The van der Waals surface area contributed by atoms with Crippen molar-refractivity contribution in [1.82, 2.24) is 4.98 Å². The van der Waals surface area contributed by atoms with Gasteiger partial charge in [-0.2, -0.15) is 0 Å². The van der Waals surface area contributed by atoms with E-state index in [-0.39, 0.29) is 5.75 Å². The number of rotatable bonds is 1. The van der Waals surface area contributed by atoms with Crippen LogP contribution < -0.4 is 5.56 Å². The maximum absolute atomic E-state index is 11.4. The van der Waals surface area contributed by atoms with Gasteiger partial charge in [0.1, 0.15) is 5.75 Å². The first-order chi connectivity index (χ1) is 7.11. The molecule has 1 aromatic rings. The Hall–Kier alpha value is -1.78. The summed E-state index contributed by atoms with van der Waals surface area (Å²) in [6, 6.07) is 0. The summed E-state index contributed by atoms with van der Waals surface area (Å²) in [5.41, 5.74) is -0.0108. The quantitative estimate of drug-likeness (QED) is 0.633. The normalized spacial score (nSPS) is 14.7. The first-order valence-electron chi connectivity index (χ1n) is 4.81. The first-order valence-corrected chi connectivity index (χ1v) is 4.81. The van der Waals surface area contributed by atoms with Crippen LogP contribution in [0.25, 0.3) is 0 Å². The number of aromatic hydroxyl groups is 1. The van der Waals surface area contributed by atoms with Crippen molar-refractivity contribution in [3.63, 3.8) is 0 Å². The van der Waals surface area contributed by atoms with Gasteiger partial charge in [0.25, 0.3) is 5.56 Å². The Labute approximate surface area is 85.4 Å². The highest BCUT2D eigenvalue weighted by Crippen LogP contribution is 2.28. The van der Waals surface area contributed by atoms with Gasteiger partial charge in [-0.05, 0) is 25.7 Å². The molecule has 15 heavy (non-hydrogen) atoms. The molecule has 0 amide bonds. The van der Waals surface area contributed by atoms with Crippen LogP contribution in [0.5, 0.6) is 5.75 Å². The number of aryl methyl sites for hydroxylation is 1. The lowest BCUT2D eigenvalue weighted by molar-refractivity contribution is 0.0691. The van der Waals surface area contributed by atoms with E-state index >= 15 is 0 Å². The summed E-state index contributed by atoms with van der Waals surface area (Å²) < 4.78 is 0. The molecule has 3 N–H and O–H groups in total. The molecule has 1 aromatic heterocycles. The van der Waals surface area contributed by atoms with Gasteiger partial charge in [-0.25, -0.2) is 4.79 Å². The number of carboxylic acid groups (broad SMARTS) is 1. The Morgan fingerprint density at radius 3 is 2.60 bits per heavy atom. The highest BCUT2D eigenvalue weighted by molar-refractivity contribution is 5.90. The summed E-state index contributed by atoms with van der Waals surface area (Å²) in [5, 5.41) is 18.5. The molecule has 0 saturated carbocycles. The van der Waals surface area contributed by atoms with Gasteiger partial charge in [0.05, 0.1) is 0 Å². The third-order valence-electron chi connectivity index (χ3n) is 2.70. The average molecular weight is 209 g/mol. The molecule has 1 aliphatic rings. The topological polar surface area (TPSA) is 90.4 Å². The second kappa shape index (κ2) is 3.42. The number of aromatic amines is 1. The molecule has 0 aromatic carbocycles. The van der Waals surface area contributed by atoms with Crippen LogP contribution in [0, 0.1) is 0 Å². The number of carboxylic acids is 1. The van der Waals surface area contributed by atoms with Crippen molar-refractivity contribution in [3.05, 3.63) is 27.2 Å². The van der Waals surface area contributed by atoms with Gasteiger partial charge in [0.2, 0.25) is 0 Å². The van der Waals surface area contributed by atoms with Gasteiger partial charge in [0, 0.05) is 11.3 Å². The van der Waals surface area contributed by atoms with E-state index in [9.17, 15) is 14.7 Å². The van der Waals surface area contributed by atoms with Gasteiger partial charge >= 0.3 is 5.97 Å². The van der Waals surface area contributed by atoms with Crippen LogP contribution in [0.4, 0.5) is 0 Å². The van der Waals surface area contributed by atoms with Crippen LogP contribution in [0.3, 0.4) is 0 Å². The zero-order valence-electron chi connectivity index (χ0n) is 8.04. The molecule has 0 atom stereocenters. The minimum Gasteiger partial charge on any atom is -0.506 e. The van der Waals surface area contributed by atoms with Crippen LogP contribution in [0.2, 0.25) is 0 Å². The summed E-state index contributed by atoms with van der Waals surface area (Å²) in [4.78, 5) is 24.6. The molecule has 0 aliphatic heterocycles. The minimum atomic E-state index is -1.39. The Morgan fingerprint density at radius 2 is 1.93 bits per heavy atom. The van der Waals surface area contributed by atoms with Crippen LogP contribution >= 0.6 is 0 Å². The van der Waals surface area contributed by atoms with Crippen molar-refractivity contribution in [1.29, 1.82) is 0 Å². The van der Waals surface area contributed by atoms with Crippen molar-refractivity contribution in [2.45, 2.75) is 25.7 Å². The molecule has 2 rings (SSSR count). The molecule has 0 fully saturated rings.